The van der Waals surface area contributed by atoms with Crippen molar-refractivity contribution in [2.75, 3.05) is 19.7 Å². The Morgan fingerprint density at radius 2 is 2.20 bits per heavy atom. The van der Waals surface area contributed by atoms with E-state index in [1.54, 1.807) is 0 Å². The predicted molar refractivity (Wildman–Crippen MR) is 77.4 cm³/mol. The molecule has 2 aromatic rings. The highest BCUT2D eigenvalue weighted by Crippen LogP contribution is 2.20. The molecular weight excluding hydrogens is 301 g/mol. The molecule has 108 valence electrons. The number of benzene rings is 1. The lowest BCUT2D eigenvalue weighted by Crippen LogP contribution is -2.33. The Hall–Kier alpha value is -1.14. The molecule has 7 heteroatoms. The molecule has 1 aromatic heterocycles. The number of hydrogen-bond acceptors (Lipinski definition) is 5. The van der Waals surface area contributed by atoms with Crippen LogP contribution in [0, 0.1) is 0 Å². The molecule has 3 rings (SSSR count). The summed E-state index contributed by atoms with van der Waals surface area (Å²) < 4.78 is 10.8. The van der Waals surface area contributed by atoms with Crippen LogP contribution in [0.25, 0.3) is 0 Å². The summed E-state index contributed by atoms with van der Waals surface area (Å²) in [5, 5.41) is 7.92. The smallest absolute Gasteiger partial charge is 0.257 e. The lowest BCUT2D eigenvalue weighted by molar-refractivity contribution is 0.00755. The van der Waals surface area contributed by atoms with Gasteiger partial charge in [0.25, 0.3) is 5.89 Å². The molecule has 1 aliphatic rings. The van der Waals surface area contributed by atoms with E-state index in [-0.39, 0.29) is 18.5 Å². The first-order valence-electron chi connectivity index (χ1n) is 6.21. The van der Waals surface area contributed by atoms with E-state index in [2.05, 4.69) is 15.5 Å². The molecule has 0 radical (unpaired) electrons. The fraction of sp³-hybridized carbons (Fsp3) is 0.385. The number of nitrogens with one attached hydrogen (secondary N) is 1. The van der Waals surface area contributed by atoms with Crippen LogP contribution in [0.4, 0.5) is 0 Å². The maximum absolute atomic E-state index is 6.11. The second-order valence-electron chi connectivity index (χ2n) is 4.38. The van der Waals surface area contributed by atoms with E-state index >= 15 is 0 Å². The molecular formula is C13H15Cl2N3O2. The Morgan fingerprint density at radius 1 is 1.35 bits per heavy atom. The van der Waals surface area contributed by atoms with Crippen molar-refractivity contribution in [2.45, 2.75) is 12.5 Å². The minimum Gasteiger partial charge on any atom is -0.366 e. The third-order valence-corrected chi connectivity index (χ3v) is 3.36. The summed E-state index contributed by atoms with van der Waals surface area (Å²) in [4.78, 5) is 4.37. The molecule has 0 spiro atoms. The second kappa shape index (κ2) is 7.04. The van der Waals surface area contributed by atoms with Crippen LogP contribution < -0.4 is 5.32 Å². The molecule has 0 amide bonds. The van der Waals surface area contributed by atoms with Gasteiger partial charge in [0, 0.05) is 24.5 Å². The Balaban J connectivity index is 0.00000147. The van der Waals surface area contributed by atoms with E-state index in [9.17, 15) is 0 Å². The van der Waals surface area contributed by atoms with Gasteiger partial charge in [-0.2, -0.15) is 4.98 Å². The van der Waals surface area contributed by atoms with Crippen LogP contribution >= 0.6 is 24.0 Å². The quantitative estimate of drug-likeness (QED) is 0.942. The number of nitrogens with zero attached hydrogens (tertiary/aromatic N) is 2. The molecule has 0 saturated carbocycles. The number of rotatable bonds is 3. The Labute approximate surface area is 128 Å². The molecule has 20 heavy (non-hydrogen) atoms. The van der Waals surface area contributed by atoms with Crippen LogP contribution in [-0.2, 0) is 11.2 Å². The first-order valence-corrected chi connectivity index (χ1v) is 6.59. The summed E-state index contributed by atoms with van der Waals surface area (Å²) in [5.41, 5.74) is 0.985. The van der Waals surface area contributed by atoms with E-state index in [1.165, 1.54) is 0 Å². The maximum atomic E-state index is 6.11. The Morgan fingerprint density at radius 3 is 2.95 bits per heavy atom. The molecule has 0 bridgehead atoms. The Kier molecular flexibility index (Phi) is 5.37. The topological polar surface area (TPSA) is 60.2 Å². The van der Waals surface area contributed by atoms with Crippen molar-refractivity contribution in [3.8, 4) is 0 Å². The molecule has 1 fully saturated rings. The zero-order chi connectivity index (χ0) is 13.1. The number of morpholine rings is 1. The summed E-state index contributed by atoms with van der Waals surface area (Å²) in [6, 6.07) is 7.65. The molecule has 1 atom stereocenters. The minimum atomic E-state index is -0.152. The van der Waals surface area contributed by atoms with Crippen LogP contribution in [0.3, 0.4) is 0 Å². The highest BCUT2D eigenvalue weighted by atomic mass is 35.5. The van der Waals surface area contributed by atoms with E-state index in [4.69, 9.17) is 20.9 Å². The van der Waals surface area contributed by atoms with Gasteiger partial charge < -0.3 is 14.6 Å². The lowest BCUT2D eigenvalue weighted by Gasteiger charge is -2.19. The molecule has 1 aliphatic heterocycles. The highest BCUT2D eigenvalue weighted by Gasteiger charge is 2.22. The molecule has 1 unspecified atom stereocenters. The van der Waals surface area contributed by atoms with Gasteiger partial charge in [-0.05, 0) is 11.6 Å². The summed E-state index contributed by atoms with van der Waals surface area (Å²) in [7, 11) is 0. The van der Waals surface area contributed by atoms with Crippen molar-refractivity contribution in [2.24, 2.45) is 0 Å². The summed E-state index contributed by atoms with van der Waals surface area (Å²) in [5.74, 6) is 1.14. The third-order valence-electron chi connectivity index (χ3n) is 2.99. The average Bonchev–Trinajstić information content (AvgIpc) is 2.91. The fourth-order valence-corrected chi connectivity index (χ4v) is 2.21. The van der Waals surface area contributed by atoms with Crippen LogP contribution in [0.15, 0.2) is 28.8 Å². The van der Waals surface area contributed by atoms with Gasteiger partial charge in [0.05, 0.1) is 6.61 Å². The van der Waals surface area contributed by atoms with E-state index in [0.29, 0.717) is 36.3 Å². The molecule has 0 aliphatic carbocycles. The van der Waals surface area contributed by atoms with Crippen molar-refractivity contribution >= 4 is 24.0 Å². The third kappa shape index (κ3) is 3.49. The van der Waals surface area contributed by atoms with Crippen molar-refractivity contribution in [3.63, 3.8) is 0 Å². The van der Waals surface area contributed by atoms with Crippen LogP contribution in [0.2, 0.25) is 5.02 Å². The monoisotopic (exact) mass is 315 g/mol. The molecule has 1 aromatic carbocycles. The standard InChI is InChI=1S/C13H14ClN3O2.ClH/c14-10-4-2-1-3-9(10)7-12-16-13(19-17-12)11-8-15-5-6-18-11;/h1-4,11,15H,5-8H2;1H. The van der Waals surface area contributed by atoms with Gasteiger partial charge in [-0.15, -0.1) is 12.4 Å². The van der Waals surface area contributed by atoms with Crippen molar-refractivity contribution in [3.05, 3.63) is 46.6 Å². The first kappa shape index (κ1) is 15.3. The lowest BCUT2D eigenvalue weighted by atomic mass is 10.1. The van der Waals surface area contributed by atoms with Crippen LogP contribution in [0.1, 0.15) is 23.4 Å². The van der Waals surface area contributed by atoms with Crippen molar-refractivity contribution in [1.29, 1.82) is 0 Å². The molecule has 1 N–H and O–H groups in total. The maximum Gasteiger partial charge on any atom is 0.257 e. The van der Waals surface area contributed by atoms with Crippen LogP contribution in [0.5, 0.6) is 0 Å². The number of aromatic nitrogens is 2. The highest BCUT2D eigenvalue weighted by molar-refractivity contribution is 6.31. The summed E-state index contributed by atoms with van der Waals surface area (Å²) >= 11 is 6.11. The average molecular weight is 316 g/mol. The van der Waals surface area contributed by atoms with Gasteiger partial charge in [-0.25, -0.2) is 0 Å². The van der Waals surface area contributed by atoms with Gasteiger partial charge in [0.2, 0.25) is 0 Å². The van der Waals surface area contributed by atoms with Crippen molar-refractivity contribution < 1.29 is 9.26 Å². The number of halogens is 2. The van der Waals surface area contributed by atoms with E-state index < -0.39 is 0 Å². The summed E-state index contributed by atoms with van der Waals surface area (Å²) in [6.45, 7) is 2.22. The Bertz CT molecular complexity index is 556. The zero-order valence-corrected chi connectivity index (χ0v) is 12.3. The molecule has 5 nitrogen and oxygen atoms in total. The second-order valence-corrected chi connectivity index (χ2v) is 4.79. The van der Waals surface area contributed by atoms with Crippen LogP contribution in [-0.4, -0.2) is 29.8 Å². The van der Waals surface area contributed by atoms with Gasteiger partial charge in [-0.1, -0.05) is 35.0 Å². The SMILES string of the molecule is Cl.Clc1ccccc1Cc1noc(C2CNCCO2)n1. The van der Waals surface area contributed by atoms with Crippen molar-refractivity contribution in [1.82, 2.24) is 15.5 Å². The van der Waals surface area contributed by atoms with E-state index in [0.717, 1.165) is 12.1 Å². The fourth-order valence-electron chi connectivity index (χ4n) is 2.01. The van der Waals surface area contributed by atoms with Gasteiger partial charge >= 0.3 is 0 Å². The largest absolute Gasteiger partial charge is 0.366 e. The molecule has 2 heterocycles. The number of ether oxygens (including phenoxy) is 1. The van der Waals surface area contributed by atoms with Gasteiger partial charge in [0.1, 0.15) is 6.10 Å². The minimum absolute atomic E-state index is 0. The normalized spacial score (nSPS) is 18.6. The predicted octanol–water partition coefficient (Wildman–Crippen LogP) is 2.40. The van der Waals surface area contributed by atoms with E-state index in [1.807, 2.05) is 24.3 Å². The summed E-state index contributed by atoms with van der Waals surface area (Å²) in [6.07, 6.45) is 0.407. The van der Waals surface area contributed by atoms with Gasteiger partial charge in [-0.3, -0.25) is 0 Å². The first-order chi connectivity index (χ1) is 9.33. The zero-order valence-electron chi connectivity index (χ0n) is 10.7. The molecule has 1 saturated heterocycles. The number of hydrogen-bond donors (Lipinski definition) is 1. The van der Waals surface area contributed by atoms with Gasteiger partial charge in [0.15, 0.2) is 5.82 Å².